The van der Waals surface area contributed by atoms with E-state index in [1.54, 1.807) is 27.7 Å². The van der Waals surface area contributed by atoms with Crippen molar-refractivity contribution in [1.29, 1.82) is 0 Å². The van der Waals surface area contributed by atoms with E-state index in [2.05, 4.69) is 10.6 Å². The van der Waals surface area contributed by atoms with Gasteiger partial charge >= 0.3 is 0 Å². The molecule has 154 valence electrons. The van der Waals surface area contributed by atoms with E-state index in [1.807, 2.05) is 0 Å². The van der Waals surface area contributed by atoms with Crippen LogP contribution in [0, 0.1) is 10.8 Å². The van der Waals surface area contributed by atoms with Crippen LogP contribution in [0.15, 0.2) is 0 Å². The number of hydrogen-bond acceptors (Lipinski definition) is 7. The number of carbonyl (C=O) groups excluding carboxylic acids is 2. The third-order valence-electron chi connectivity index (χ3n) is 4.56. The minimum Gasteiger partial charge on any atom is -0.396 e. The lowest BCUT2D eigenvalue weighted by molar-refractivity contribution is -0.138. The smallest absolute Gasteiger partial charge is 0.249 e. The summed E-state index contributed by atoms with van der Waals surface area (Å²) in [5, 5.41) is 43.2. The number of rotatable bonds is 13. The van der Waals surface area contributed by atoms with Crippen molar-refractivity contribution in [3.8, 4) is 0 Å². The van der Waals surface area contributed by atoms with Crippen LogP contribution in [0.3, 0.4) is 0 Å². The topological polar surface area (TPSA) is 148 Å². The summed E-state index contributed by atoms with van der Waals surface area (Å²) in [4.78, 5) is 23.6. The van der Waals surface area contributed by atoms with Gasteiger partial charge in [-0.15, -0.1) is 0 Å². The first-order valence-electron chi connectivity index (χ1n) is 8.76. The molecule has 0 aromatic rings. The molecular weight excluding hydrogens is 344 g/mol. The maximum Gasteiger partial charge on any atom is 0.249 e. The number of aliphatic hydroxyl groups is 4. The fourth-order valence-corrected chi connectivity index (χ4v) is 1.94. The fraction of sp³-hybridized carbons (Fsp3) is 0.882. The summed E-state index contributed by atoms with van der Waals surface area (Å²) >= 11 is 0. The molecular formula is C17H34N2O7. The lowest BCUT2D eigenvalue weighted by atomic mass is 9.82. The Balaban J connectivity index is 3.95. The summed E-state index contributed by atoms with van der Waals surface area (Å²) in [6.45, 7) is 6.65. The predicted octanol–water partition coefficient (Wildman–Crippen LogP) is -1.62. The second kappa shape index (κ2) is 11.5. The van der Waals surface area contributed by atoms with E-state index < -0.39 is 34.9 Å². The van der Waals surface area contributed by atoms with Crippen molar-refractivity contribution in [1.82, 2.24) is 10.6 Å². The second-order valence-corrected chi connectivity index (χ2v) is 7.31. The van der Waals surface area contributed by atoms with Gasteiger partial charge in [0.25, 0.3) is 0 Å². The molecule has 0 aliphatic heterocycles. The highest BCUT2D eigenvalue weighted by Crippen LogP contribution is 2.25. The van der Waals surface area contributed by atoms with Gasteiger partial charge in [-0.25, -0.2) is 0 Å². The van der Waals surface area contributed by atoms with E-state index in [-0.39, 0.29) is 39.5 Å². The van der Waals surface area contributed by atoms with Crippen LogP contribution in [0.25, 0.3) is 0 Å². The normalized spacial score (nSPS) is 16.5. The van der Waals surface area contributed by atoms with E-state index in [9.17, 15) is 24.9 Å². The highest BCUT2D eigenvalue weighted by Gasteiger charge is 2.35. The summed E-state index contributed by atoms with van der Waals surface area (Å²) in [5.41, 5.74) is -1.82. The van der Waals surface area contributed by atoms with Crippen LogP contribution >= 0.6 is 0 Å². The third-order valence-corrected chi connectivity index (χ3v) is 4.56. The molecule has 0 aliphatic rings. The molecule has 9 heteroatoms. The molecule has 0 saturated heterocycles. The van der Waals surface area contributed by atoms with Crippen LogP contribution in [0.2, 0.25) is 0 Å². The number of amides is 2. The molecule has 0 aromatic carbocycles. The molecule has 0 aliphatic carbocycles. The zero-order chi connectivity index (χ0) is 20.4. The molecule has 0 rings (SSSR count). The monoisotopic (exact) mass is 378 g/mol. The first-order chi connectivity index (χ1) is 12.1. The molecule has 0 fully saturated rings. The first-order valence-corrected chi connectivity index (χ1v) is 8.76. The Hall–Kier alpha value is -1.26. The Morgan fingerprint density at radius 2 is 1.38 bits per heavy atom. The zero-order valence-electron chi connectivity index (χ0n) is 16.1. The van der Waals surface area contributed by atoms with Gasteiger partial charge < -0.3 is 35.8 Å². The molecule has 0 bridgehead atoms. The van der Waals surface area contributed by atoms with Gasteiger partial charge in [0.2, 0.25) is 11.8 Å². The van der Waals surface area contributed by atoms with Gasteiger partial charge in [-0.2, -0.15) is 0 Å². The van der Waals surface area contributed by atoms with Crippen LogP contribution in [-0.2, 0) is 14.3 Å². The standard InChI is InChI=1S/C17H34N2O7/c1-5-17(4,11-21)13(23)15(25)19-7-9-26-8-6-18-14(24)12(22)16(2,3)10-20/h12-13,20-23H,5-11H2,1-4H3,(H,18,24)(H,19,25). The quantitative estimate of drug-likeness (QED) is 0.211. The Bertz CT molecular complexity index is 439. The molecule has 2 amide bonds. The van der Waals surface area contributed by atoms with E-state index >= 15 is 0 Å². The predicted molar refractivity (Wildman–Crippen MR) is 95.2 cm³/mol. The average molecular weight is 378 g/mol. The molecule has 9 nitrogen and oxygen atoms in total. The number of nitrogens with one attached hydrogen (secondary N) is 2. The average Bonchev–Trinajstić information content (AvgIpc) is 2.64. The zero-order valence-corrected chi connectivity index (χ0v) is 16.1. The molecule has 6 N–H and O–H groups in total. The van der Waals surface area contributed by atoms with Crippen molar-refractivity contribution in [2.75, 3.05) is 39.5 Å². The molecule has 0 saturated carbocycles. The maximum atomic E-state index is 11.9. The number of carbonyl (C=O) groups is 2. The summed E-state index contributed by atoms with van der Waals surface area (Å²) in [5.74, 6) is -1.17. The van der Waals surface area contributed by atoms with Crippen molar-refractivity contribution in [2.45, 2.75) is 46.3 Å². The van der Waals surface area contributed by atoms with Crippen LogP contribution in [-0.4, -0.2) is 84.0 Å². The van der Waals surface area contributed by atoms with Crippen molar-refractivity contribution < 1.29 is 34.8 Å². The summed E-state index contributed by atoms with van der Waals surface area (Å²) < 4.78 is 5.25. The Morgan fingerprint density at radius 1 is 0.923 bits per heavy atom. The molecule has 0 aromatic heterocycles. The van der Waals surface area contributed by atoms with Crippen molar-refractivity contribution in [2.24, 2.45) is 10.8 Å². The highest BCUT2D eigenvalue weighted by atomic mass is 16.5. The van der Waals surface area contributed by atoms with Crippen LogP contribution < -0.4 is 10.6 Å². The molecule has 3 atom stereocenters. The molecule has 0 heterocycles. The molecule has 3 unspecified atom stereocenters. The summed E-state index contributed by atoms with van der Waals surface area (Å²) in [6.07, 6.45) is -2.19. The largest absolute Gasteiger partial charge is 0.396 e. The lowest BCUT2D eigenvalue weighted by Crippen LogP contribution is -2.47. The van der Waals surface area contributed by atoms with Crippen molar-refractivity contribution in [3.05, 3.63) is 0 Å². The molecule has 0 radical (unpaired) electrons. The number of aliphatic hydroxyl groups excluding tert-OH is 4. The maximum absolute atomic E-state index is 11.9. The molecule has 0 spiro atoms. The van der Waals surface area contributed by atoms with E-state index in [4.69, 9.17) is 9.84 Å². The Kier molecular flexibility index (Phi) is 10.9. The van der Waals surface area contributed by atoms with Gasteiger partial charge in [0.15, 0.2) is 0 Å². The van der Waals surface area contributed by atoms with Gasteiger partial charge in [-0.1, -0.05) is 27.7 Å². The van der Waals surface area contributed by atoms with Gasteiger partial charge in [-0.3, -0.25) is 9.59 Å². The van der Waals surface area contributed by atoms with Crippen molar-refractivity contribution >= 4 is 11.8 Å². The minimum atomic E-state index is -1.33. The van der Waals surface area contributed by atoms with Gasteiger partial charge in [0.05, 0.1) is 26.4 Å². The Morgan fingerprint density at radius 3 is 1.77 bits per heavy atom. The summed E-state index contributed by atoms with van der Waals surface area (Å²) in [7, 11) is 0. The number of ether oxygens (including phenoxy) is 1. The fourth-order valence-electron chi connectivity index (χ4n) is 1.94. The second-order valence-electron chi connectivity index (χ2n) is 7.31. The minimum absolute atomic E-state index is 0.173. The Labute approximate surface area is 154 Å². The summed E-state index contributed by atoms with van der Waals surface area (Å²) in [6, 6.07) is 0. The van der Waals surface area contributed by atoms with Crippen LogP contribution in [0.1, 0.15) is 34.1 Å². The van der Waals surface area contributed by atoms with Crippen LogP contribution in [0.4, 0.5) is 0 Å². The van der Waals surface area contributed by atoms with Gasteiger partial charge in [0.1, 0.15) is 12.2 Å². The van der Waals surface area contributed by atoms with E-state index in [1.165, 1.54) is 0 Å². The van der Waals surface area contributed by atoms with Crippen molar-refractivity contribution in [3.63, 3.8) is 0 Å². The third kappa shape index (κ3) is 7.55. The van der Waals surface area contributed by atoms with Crippen LogP contribution in [0.5, 0.6) is 0 Å². The van der Waals surface area contributed by atoms with Gasteiger partial charge in [-0.05, 0) is 6.42 Å². The lowest BCUT2D eigenvalue weighted by Gasteiger charge is -2.30. The van der Waals surface area contributed by atoms with Gasteiger partial charge in [0, 0.05) is 23.9 Å². The highest BCUT2D eigenvalue weighted by molar-refractivity contribution is 5.81. The van der Waals surface area contributed by atoms with E-state index in [0.29, 0.717) is 6.42 Å². The number of hydrogen-bond donors (Lipinski definition) is 6. The van der Waals surface area contributed by atoms with E-state index in [0.717, 1.165) is 0 Å². The first kappa shape index (κ1) is 24.7. The SMILES string of the molecule is CCC(C)(CO)C(O)C(=O)NCCOCCNC(=O)C(O)C(C)(C)CO. The molecule has 26 heavy (non-hydrogen) atoms.